The molecule has 0 aliphatic heterocycles. The molecule has 32 heavy (non-hydrogen) atoms. The Morgan fingerprint density at radius 3 is 2.19 bits per heavy atom. The summed E-state index contributed by atoms with van der Waals surface area (Å²) < 4.78 is 46.4. The van der Waals surface area contributed by atoms with Gasteiger partial charge < -0.3 is 10.1 Å². The van der Waals surface area contributed by atoms with E-state index in [1.165, 1.54) is 26.2 Å². The van der Waals surface area contributed by atoms with Gasteiger partial charge in [0, 0.05) is 14.1 Å². The molecule has 0 radical (unpaired) electrons. The van der Waals surface area contributed by atoms with Crippen molar-refractivity contribution < 1.29 is 22.3 Å². The van der Waals surface area contributed by atoms with Gasteiger partial charge in [-0.05, 0) is 72.9 Å². The number of halogens is 1. The number of nitrogens with one attached hydrogen (secondary N) is 1. The van der Waals surface area contributed by atoms with Gasteiger partial charge in [-0.15, -0.1) is 0 Å². The van der Waals surface area contributed by atoms with Crippen LogP contribution >= 0.6 is 0 Å². The summed E-state index contributed by atoms with van der Waals surface area (Å²) in [6.45, 7) is 7.47. The lowest BCUT2D eigenvalue weighted by Crippen LogP contribution is -2.46. The van der Waals surface area contributed by atoms with Crippen LogP contribution in [0.25, 0.3) is 0 Å². The van der Waals surface area contributed by atoms with Crippen molar-refractivity contribution in [2.24, 2.45) is 0 Å². The lowest BCUT2D eigenvalue weighted by Gasteiger charge is -2.28. The zero-order chi connectivity index (χ0) is 24.2. The third-order valence-corrected chi connectivity index (χ3v) is 7.05. The van der Waals surface area contributed by atoms with Crippen LogP contribution in [0, 0.1) is 12.7 Å². The molecule has 1 N–H and O–H groups in total. The molecule has 2 aromatic carbocycles. The molecular weight excluding hydrogens is 433 g/mol. The summed E-state index contributed by atoms with van der Waals surface area (Å²) in [7, 11) is 0.408. The number of anilines is 1. The quantitative estimate of drug-likeness (QED) is 0.612. The van der Waals surface area contributed by atoms with Crippen molar-refractivity contribution in [1.82, 2.24) is 9.62 Å². The van der Waals surface area contributed by atoms with Crippen molar-refractivity contribution in [2.45, 2.75) is 39.7 Å². The molecule has 176 valence electrons. The second-order valence-electron chi connectivity index (χ2n) is 8.17. The highest BCUT2D eigenvalue weighted by Gasteiger charge is 2.28. The Balaban J connectivity index is 2.30. The van der Waals surface area contributed by atoms with Gasteiger partial charge in [0.2, 0.25) is 5.91 Å². The average molecular weight is 466 g/mol. The molecule has 7 nitrogen and oxygen atoms in total. The van der Waals surface area contributed by atoms with Gasteiger partial charge in [-0.2, -0.15) is 12.7 Å². The Hall–Kier alpha value is -2.65. The van der Waals surface area contributed by atoms with Crippen LogP contribution in [0.4, 0.5) is 10.1 Å². The number of aryl methyl sites for hydroxylation is 1. The van der Waals surface area contributed by atoms with Gasteiger partial charge in [-0.1, -0.05) is 13.8 Å². The number of nitrogens with zero attached hydrogens (tertiary/aromatic N) is 2. The first-order valence-electron chi connectivity index (χ1n) is 10.3. The fourth-order valence-electron chi connectivity index (χ4n) is 3.42. The number of methoxy groups -OCH3 is 1. The number of rotatable bonds is 9. The third-order valence-electron chi connectivity index (χ3n) is 5.23. The molecule has 2 aromatic rings. The minimum Gasteiger partial charge on any atom is -0.496 e. The summed E-state index contributed by atoms with van der Waals surface area (Å²) >= 11 is 0. The topological polar surface area (TPSA) is 79.0 Å². The van der Waals surface area contributed by atoms with Crippen LogP contribution in [0.2, 0.25) is 0 Å². The van der Waals surface area contributed by atoms with Crippen LogP contribution in [0.3, 0.4) is 0 Å². The zero-order valence-corrected chi connectivity index (χ0v) is 20.5. The maximum atomic E-state index is 13.3. The van der Waals surface area contributed by atoms with E-state index in [0.29, 0.717) is 0 Å². The van der Waals surface area contributed by atoms with Crippen LogP contribution < -0.4 is 14.4 Å². The van der Waals surface area contributed by atoms with Gasteiger partial charge >= 0.3 is 10.2 Å². The Kier molecular flexibility index (Phi) is 8.25. The average Bonchev–Trinajstić information content (AvgIpc) is 2.71. The highest BCUT2D eigenvalue weighted by Crippen LogP contribution is 2.32. The molecule has 0 aliphatic rings. The van der Waals surface area contributed by atoms with Gasteiger partial charge in [0.15, 0.2) is 0 Å². The monoisotopic (exact) mass is 465 g/mol. The predicted octanol–water partition coefficient (Wildman–Crippen LogP) is 3.76. The first-order valence-corrected chi connectivity index (χ1v) is 11.7. The number of carbonyl (C=O) groups is 1. The highest BCUT2D eigenvalue weighted by molar-refractivity contribution is 7.90. The molecule has 0 bridgehead atoms. The van der Waals surface area contributed by atoms with E-state index in [1.807, 2.05) is 26.0 Å². The minimum absolute atomic E-state index is 0.200. The lowest BCUT2D eigenvalue weighted by molar-refractivity contribution is -0.120. The molecule has 0 aliphatic carbocycles. The first kappa shape index (κ1) is 25.6. The van der Waals surface area contributed by atoms with Gasteiger partial charge in [-0.25, -0.2) is 8.70 Å². The summed E-state index contributed by atoms with van der Waals surface area (Å²) in [5.74, 6) is 0.0456. The molecule has 0 saturated carbocycles. The second kappa shape index (κ2) is 10.3. The van der Waals surface area contributed by atoms with E-state index >= 15 is 0 Å². The zero-order valence-electron chi connectivity index (χ0n) is 19.6. The molecular formula is C23H32FN3O4S. The maximum Gasteiger partial charge on any atom is 0.304 e. The molecule has 0 fully saturated rings. The van der Waals surface area contributed by atoms with E-state index in [0.717, 1.165) is 43.2 Å². The van der Waals surface area contributed by atoms with Crippen LogP contribution in [0.5, 0.6) is 5.75 Å². The van der Waals surface area contributed by atoms with Crippen molar-refractivity contribution in [3.05, 3.63) is 58.9 Å². The van der Waals surface area contributed by atoms with Gasteiger partial charge in [0.25, 0.3) is 0 Å². The molecule has 1 amide bonds. The largest absolute Gasteiger partial charge is 0.496 e. The number of hydrogen-bond acceptors (Lipinski definition) is 4. The summed E-state index contributed by atoms with van der Waals surface area (Å²) in [6.07, 6.45) is 0. The minimum atomic E-state index is -3.97. The van der Waals surface area contributed by atoms with E-state index in [1.54, 1.807) is 7.11 Å². The maximum absolute atomic E-state index is 13.3. The van der Waals surface area contributed by atoms with Gasteiger partial charge in [-0.3, -0.25) is 4.79 Å². The summed E-state index contributed by atoms with van der Waals surface area (Å²) in [5.41, 5.74) is 3.10. The predicted molar refractivity (Wildman–Crippen MR) is 125 cm³/mol. The van der Waals surface area contributed by atoms with E-state index < -0.39 is 28.5 Å². The standard InChI is InChI=1S/C23H32FN3O4S/c1-15(2)20-13-21(16(3)12-22(20)31-7)17(4)25-23(28)14-27(32(29,30)26(5)6)19-10-8-18(24)9-11-19/h8-13,15,17H,14H2,1-7H3,(H,25,28)/t17-/m1/s1. The Morgan fingerprint density at radius 1 is 1.09 bits per heavy atom. The molecule has 0 heterocycles. The molecule has 0 saturated heterocycles. The second-order valence-corrected chi connectivity index (χ2v) is 10.2. The number of hydrogen-bond donors (Lipinski definition) is 1. The van der Waals surface area contributed by atoms with Crippen molar-refractivity contribution in [1.29, 1.82) is 0 Å². The Morgan fingerprint density at radius 2 is 1.69 bits per heavy atom. The van der Waals surface area contributed by atoms with Gasteiger partial charge in [0.05, 0.1) is 18.8 Å². The normalized spacial score (nSPS) is 12.7. The van der Waals surface area contributed by atoms with Gasteiger partial charge in [0.1, 0.15) is 18.1 Å². The summed E-state index contributed by atoms with van der Waals surface area (Å²) in [5, 5.41) is 2.88. The SMILES string of the molecule is COc1cc(C)c([C@@H](C)NC(=O)CN(c2ccc(F)cc2)S(=O)(=O)N(C)C)cc1C(C)C. The fraction of sp³-hybridized carbons (Fsp3) is 0.435. The molecule has 1 atom stereocenters. The van der Waals surface area contributed by atoms with Crippen molar-refractivity contribution >= 4 is 21.8 Å². The van der Waals surface area contributed by atoms with Crippen LogP contribution in [0.15, 0.2) is 36.4 Å². The van der Waals surface area contributed by atoms with E-state index in [-0.39, 0.29) is 17.6 Å². The first-order chi connectivity index (χ1) is 14.9. The summed E-state index contributed by atoms with van der Waals surface area (Å²) in [4.78, 5) is 12.9. The Labute approximate surface area is 190 Å². The molecule has 0 spiro atoms. The van der Waals surface area contributed by atoms with E-state index in [9.17, 15) is 17.6 Å². The summed E-state index contributed by atoms with van der Waals surface area (Å²) in [6, 6.07) is 8.56. The van der Waals surface area contributed by atoms with Crippen molar-refractivity contribution in [3.63, 3.8) is 0 Å². The Bertz CT molecular complexity index is 1050. The van der Waals surface area contributed by atoms with Crippen molar-refractivity contribution in [2.75, 3.05) is 32.1 Å². The fourth-order valence-corrected chi connectivity index (χ4v) is 4.48. The third kappa shape index (κ3) is 5.77. The number of amides is 1. The van der Waals surface area contributed by atoms with Crippen LogP contribution in [-0.4, -0.2) is 46.4 Å². The smallest absolute Gasteiger partial charge is 0.304 e. The molecule has 0 unspecified atom stereocenters. The van der Waals surface area contributed by atoms with Crippen molar-refractivity contribution in [3.8, 4) is 5.75 Å². The van der Waals surface area contributed by atoms with Crippen LogP contribution in [0.1, 0.15) is 49.4 Å². The molecule has 2 rings (SSSR count). The molecule has 9 heteroatoms. The van der Waals surface area contributed by atoms with Crippen LogP contribution in [-0.2, 0) is 15.0 Å². The van der Waals surface area contributed by atoms with E-state index in [4.69, 9.17) is 4.74 Å². The lowest BCUT2D eigenvalue weighted by atomic mass is 9.93. The molecule has 0 aromatic heterocycles. The highest BCUT2D eigenvalue weighted by atomic mass is 32.2. The van der Waals surface area contributed by atoms with E-state index in [2.05, 4.69) is 19.2 Å². The number of carbonyl (C=O) groups excluding carboxylic acids is 1. The number of ether oxygens (including phenoxy) is 1. The number of benzene rings is 2.